The van der Waals surface area contributed by atoms with Gasteiger partial charge in [-0.05, 0) is 54.5 Å². The first-order valence-corrected chi connectivity index (χ1v) is 11.1. The van der Waals surface area contributed by atoms with Gasteiger partial charge in [-0.25, -0.2) is 0 Å². The van der Waals surface area contributed by atoms with Crippen LogP contribution >= 0.6 is 0 Å². The Hall–Kier alpha value is -2.47. The standard InChI is InChI=1S/C24H31N3O3/c1-4-16-11-20-19(15(2)3)5-8-25-22(20)21(12-16)23(28)26-18-13-27(14-18)24(29)17-6-9-30-10-7-17/h5,8,11-12,15,17-18H,4,6-7,9-10,13-14H2,1-3H3,(H,26,28). The summed E-state index contributed by atoms with van der Waals surface area (Å²) in [5.74, 6) is 0.520. The third-order valence-electron chi connectivity index (χ3n) is 6.31. The molecular formula is C24H31N3O3. The number of nitrogens with one attached hydrogen (secondary N) is 1. The van der Waals surface area contributed by atoms with Gasteiger partial charge in [-0.3, -0.25) is 14.6 Å². The van der Waals surface area contributed by atoms with Gasteiger partial charge in [-0.2, -0.15) is 0 Å². The molecule has 6 heteroatoms. The van der Waals surface area contributed by atoms with E-state index < -0.39 is 0 Å². The van der Waals surface area contributed by atoms with Crippen LogP contribution in [0.2, 0.25) is 0 Å². The number of ether oxygens (including phenoxy) is 1. The number of carbonyl (C=O) groups is 2. The highest BCUT2D eigenvalue weighted by molar-refractivity contribution is 6.06. The number of rotatable bonds is 5. The van der Waals surface area contributed by atoms with Gasteiger partial charge in [0.25, 0.3) is 5.91 Å². The number of carbonyl (C=O) groups excluding carboxylic acids is 2. The van der Waals surface area contributed by atoms with Gasteiger partial charge in [0.15, 0.2) is 0 Å². The Morgan fingerprint density at radius 3 is 2.63 bits per heavy atom. The number of nitrogens with zero attached hydrogens (tertiary/aromatic N) is 2. The smallest absolute Gasteiger partial charge is 0.253 e. The molecule has 160 valence electrons. The van der Waals surface area contributed by atoms with Crippen LogP contribution in [0.3, 0.4) is 0 Å². The summed E-state index contributed by atoms with van der Waals surface area (Å²) < 4.78 is 5.35. The maximum atomic E-state index is 13.1. The third kappa shape index (κ3) is 4.06. The Morgan fingerprint density at radius 2 is 1.97 bits per heavy atom. The topological polar surface area (TPSA) is 71.5 Å². The van der Waals surface area contributed by atoms with E-state index in [0.717, 1.165) is 35.7 Å². The second-order valence-corrected chi connectivity index (χ2v) is 8.75. The van der Waals surface area contributed by atoms with E-state index in [2.05, 4.69) is 37.1 Å². The quantitative estimate of drug-likeness (QED) is 0.823. The zero-order valence-electron chi connectivity index (χ0n) is 18.1. The second-order valence-electron chi connectivity index (χ2n) is 8.75. The Morgan fingerprint density at radius 1 is 1.23 bits per heavy atom. The fraction of sp³-hybridized carbons (Fsp3) is 0.542. The summed E-state index contributed by atoms with van der Waals surface area (Å²) in [5.41, 5.74) is 3.72. The van der Waals surface area contributed by atoms with Crippen molar-refractivity contribution < 1.29 is 14.3 Å². The van der Waals surface area contributed by atoms with E-state index >= 15 is 0 Å². The van der Waals surface area contributed by atoms with Crippen LogP contribution in [-0.2, 0) is 16.0 Å². The fourth-order valence-corrected chi connectivity index (χ4v) is 4.43. The van der Waals surface area contributed by atoms with Crippen molar-refractivity contribution in [2.24, 2.45) is 5.92 Å². The molecule has 4 rings (SSSR count). The van der Waals surface area contributed by atoms with Crippen LogP contribution in [0.15, 0.2) is 24.4 Å². The minimum absolute atomic E-state index is 0.00472. The highest BCUT2D eigenvalue weighted by atomic mass is 16.5. The van der Waals surface area contributed by atoms with Gasteiger partial charge < -0.3 is 15.0 Å². The maximum Gasteiger partial charge on any atom is 0.253 e. The molecule has 3 heterocycles. The van der Waals surface area contributed by atoms with E-state index in [-0.39, 0.29) is 23.8 Å². The van der Waals surface area contributed by atoms with Crippen molar-refractivity contribution in [2.75, 3.05) is 26.3 Å². The SMILES string of the molecule is CCc1cc(C(=O)NC2CN(C(=O)C3CCOCC3)C2)c2nccc(C(C)C)c2c1. The van der Waals surface area contributed by atoms with Crippen LogP contribution in [-0.4, -0.2) is 54.0 Å². The van der Waals surface area contributed by atoms with Crippen molar-refractivity contribution in [3.63, 3.8) is 0 Å². The molecule has 0 saturated carbocycles. The highest BCUT2D eigenvalue weighted by Crippen LogP contribution is 2.28. The lowest BCUT2D eigenvalue weighted by Gasteiger charge is -2.41. The van der Waals surface area contributed by atoms with Crippen LogP contribution in [0.4, 0.5) is 0 Å². The van der Waals surface area contributed by atoms with Gasteiger partial charge in [-0.15, -0.1) is 0 Å². The average molecular weight is 410 g/mol. The summed E-state index contributed by atoms with van der Waals surface area (Å²) >= 11 is 0. The molecule has 1 aromatic heterocycles. The van der Waals surface area contributed by atoms with Gasteiger partial charge in [0.05, 0.1) is 17.1 Å². The molecule has 2 aliphatic heterocycles. The Bertz CT molecular complexity index is 944. The van der Waals surface area contributed by atoms with Crippen molar-refractivity contribution in [1.29, 1.82) is 0 Å². The van der Waals surface area contributed by atoms with E-state index in [0.29, 0.717) is 37.8 Å². The number of aryl methyl sites for hydroxylation is 1. The van der Waals surface area contributed by atoms with Gasteiger partial charge in [0.1, 0.15) is 0 Å². The van der Waals surface area contributed by atoms with Gasteiger partial charge in [0.2, 0.25) is 5.91 Å². The lowest BCUT2D eigenvalue weighted by molar-refractivity contribution is -0.143. The summed E-state index contributed by atoms with van der Waals surface area (Å²) in [4.78, 5) is 32.1. The minimum Gasteiger partial charge on any atom is -0.381 e. The number of hydrogen-bond donors (Lipinski definition) is 1. The Kier molecular flexibility index (Phi) is 6.04. The van der Waals surface area contributed by atoms with E-state index in [1.807, 2.05) is 17.0 Å². The molecule has 0 bridgehead atoms. The van der Waals surface area contributed by atoms with Crippen LogP contribution in [0, 0.1) is 5.92 Å². The molecule has 1 N–H and O–H groups in total. The lowest BCUT2D eigenvalue weighted by Crippen LogP contribution is -2.62. The van der Waals surface area contributed by atoms with E-state index in [1.165, 1.54) is 5.56 Å². The van der Waals surface area contributed by atoms with E-state index in [9.17, 15) is 9.59 Å². The minimum atomic E-state index is -0.105. The molecule has 2 fully saturated rings. The van der Waals surface area contributed by atoms with Crippen molar-refractivity contribution in [1.82, 2.24) is 15.2 Å². The molecule has 1 aromatic carbocycles. The number of aromatic nitrogens is 1. The summed E-state index contributed by atoms with van der Waals surface area (Å²) in [6, 6.07) is 6.15. The molecule has 6 nitrogen and oxygen atoms in total. The summed E-state index contributed by atoms with van der Waals surface area (Å²) in [6.07, 6.45) is 4.25. The largest absolute Gasteiger partial charge is 0.381 e. The van der Waals surface area contributed by atoms with Crippen molar-refractivity contribution in [3.05, 3.63) is 41.1 Å². The van der Waals surface area contributed by atoms with E-state index in [4.69, 9.17) is 4.74 Å². The van der Waals surface area contributed by atoms with E-state index in [1.54, 1.807) is 6.20 Å². The third-order valence-corrected chi connectivity index (χ3v) is 6.31. The first-order valence-electron chi connectivity index (χ1n) is 11.1. The molecule has 2 aromatic rings. The highest BCUT2D eigenvalue weighted by Gasteiger charge is 2.36. The summed E-state index contributed by atoms with van der Waals surface area (Å²) in [5, 5.41) is 4.17. The van der Waals surface area contributed by atoms with Crippen LogP contribution < -0.4 is 5.32 Å². The molecule has 30 heavy (non-hydrogen) atoms. The number of fused-ring (bicyclic) bond motifs is 1. The molecule has 2 amide bonds. The number of likely N-dealkylation sites (tertiary alicyclic amines) is 1. The number of benzene rings is 1. The predicted octanol–water partition coefficient (Wildman–Crippen LogP) is 3.29. The zero-order valence-corrected chi connectivity index (χ0v) is 18.1. The van der Waals surface area contributed by atoms with Crippen LogP contribution in [0.25, 0.3) is 10.9 Å². The first-order chi connectivity index (χ1) is 14.5. The monoisotopic (exact) mass is 409 g/mol. The van der Waals surface area contributed by atoms with Crippen molar-refractivity contribution in [2.45, 2.75) is 52.0 Å². The summed E-state index contributed by atoms with van der Waals surface area (Å²) in [6.45, 7) is 8.90. The van der Waals surface area contributed by atoms with Gasteiger partial charge in [-0.1, -0.05) is 20.8 Å². The van der Waals surface area contributed by atoms with Gasteiger partial charge >= 0.3 is 0 Å². The van der Waals surface area contributed by atoms with Crippen LogP contribution in [0.1, 0.15) is 61.0 Å². The molecule has 0 atom stereocenters. The lowest BCUT2D eigenvalue weighted by atomic mass is 9.94. The van der Waals surface area contributed by atoms with Crippen molar-refractivity contribution >= 4 is 22.7 Å². The second kappa shape index (κ2) is 8.72. The number of amides is 2. The summed E-state index contributed by atoms with van der Waals surface area (Å²) in [7, 11) is 0. The number of hydrogen-bond acceptors (Lipinski definition) is 4. The average Bonchev–Trinajstić information content (AvgIpc) is 2.74. The van der Waals surface area contributed by atoms with Gasteiger partial charge in [0, 0.05) is 43.8 Å². The molecular weight excluding hydrogens is 378 g/mol. The first kappa shape index (κ1) is 20.8. The normalized spacial score (nSPS) is 17.9. The molecule has 2 saturated heterocycles. The Labute approximate surface area is 178 Å². The fourth-order valence-electron chi connectivity index (χ4n) is 4.43. The predicted molar refractivity (Wildman–Crippen MR) is 117 cm³/mol. The molecule has 0 unspecified atom stereocenters. The molecule has 2 aliphatic rings. The molecule has 0 radical (unpaired) electrons. The zero-order chi connectivity index (χ0) is 21.3. The number of pyridine rings is 1. The molecule has 0 aliphatic carbocycles. The maximum absolute atomic E-state index is 13.1. The van der Waals surface area contributed by atoms with Crippen molar-refractivity contribution in [3.8, 4) is 0 Å². The Balaban J connectivity index is 1.48. The van der Waals surface area contributed by atoms with Crippen LogP contribution in [0.5, 0.6) is 0 Å². The molecule has 0 spiro atoms.